The van der Waals surface area contributed by atoms with Crippen LogP contribution in [-0.2, 0) is 36.6 Å². The average Bonchev–Trinajstić information content (AvgIpc) is 4.00. The van der Waals surface area contributed by atoms with Crippen LogP contribution in [0, 0.1) is 34.5 Å². The van der Waals surface area contributed by atoms with E-state index in [2.05, 4.69) is 9.97 Å². The molecule has 1 aliphatic heterocycles. The van der Waals surface area contributed by atoms with Gasteiger partial charge < -0.3 is 38.7 Å². The molecule has 4 amide bonds. The molecular weight excluding hydrogens is 986 g/mol. The third-order valence-corrected chi connectivity index (χ3v) is 15.8. The van der Waals surface area contributed by atoms with E-state index in [1.165, 1.54) is 11.0 Å². The number of rotatable bonds is 20. The lowest BCUT2D eigenvalue weighted by Crippen LogP contribution is -2.74. The zero-order valence-electron chi connectivity index (χ0n) is 45.6. The fourth-order valence-corrected chi connectivity index (χ4v) is 12.3. The van der Waals surface area contributed by atoms with Crippen LogP contribution in [0.15, 0.2) is 66.3 Å². The third-order valence-electron chi connectivity index (χ3n) is 14.8. The molecule has 15 nitrogen and oxygen atoms in total. The van der Waals surface area contributed by atoms with Crippen LogP contribution in [0.2, 0.25) is 0 Å². The van der Waals surface area contributed by atoms with Gasteiger partial charge in [0.1, 0.15) is 36.2 Å². The summed E-state index contributed by atoms with van der Waals surface area (Å²) in [6, 6.07) is 14.5. The van der Waals surface area contributed by atoms with Gasteiger partial charge in [-0.1, -0.05) is 72.7 Å². The number of alkyl halides is 3. The first-order valence-corrected chi connectivity index (χ1v) is 26.1. The standard InChI is InChI=1S/C56H73F3N8O7S/c1-35-46(75-34-62-35)37-19-17-36(18-20-37)31-64(10)49(70)44-28-41(72-13)32-67(44)50(71)47(53(2,3)4)65(11)45(68)33-73-26-16-14-15-25-63(9)39-22-24-43(61-30-39)48(69)66(12)51-54(5,6)52(55(51,7)8)74-40-23-21-38(29-60)42(27-40)56(57,58)59/h17-24,27,30,34,41,44,47,51-52H,14-16,25-26,28,31-33H2,1-13H3/t41-,44?,47-,51?,52?/m1/s1. The topological polar surface area (TPSA) is 162 Å². The predicted molar refractivity (Wildman–Crippen MR) is 282 cm³/mol. The van der Waals surface area contributed by atoms with E-state index < -0.39 is 51.7 Å². The maximum atomic E-state index is 14.5. The molecule has 2 aromatic heterocycles. The van der Waals surface area contributed by atoms with Gasteiger partial charge in [0.15, 0.2) is 0 Å². The fourth-order valence-electron chi connectivity index (χ4n) is 11.4. The van der Waals surface area contributed by atoms with Crippen molar-refractivity contribution >= 4 is 40.7 Å². The van der Waals surface area contributed by atoms with E-state index >= 15 is 0 Å². The number of hydrogen-bond acceptors (Lipinski definition) is 12. The number of hydrogen-bond donors (Lipinski definition) is 0. The molecule has 3 heterocycles. The number of anilines is 1. The van der Waals surface area contributed by atoms with Crippen LogP contribution in [0.5, 0.6) is 5.75 Å². The fraction of sp³-hybridized carbons (Fsp3) is 0.554. The van der Waals surface area contributed by atoms with Crippen LogP contribution in [0.4, 0.5) is 18.9 Å². The Morgan fingerprint density at radius 1 is 0.933 bits per heavy atom. The Morgan fingerprint density at radius 2 is 1.61 bits per heavy atom. The van der Waals surface area contributed by atoms with Crippen molar-refractivity contribution in [3.8, 4) is 22.3 Å². The van der Waals surface area contributed by atoms with Gasteiger partial charge in [-0.15, -0.1) is 11.3 Å². The van der Waals surface area contributed by atoms with E-state index in [9.17, 15) is 37.6 Å². The molecule has 19 heteroatoms. The van der Waals surface area contributed by atoms with Gasteiger partial charge in [-0.2, -0.15) is 18.4 Å². The average molecular weight is 1060 g/mol. The number of likely N-dealkylation sites (tertiary alicyclic amines) is 1. The number of likely N-dealkylation sites (N-methyl/N-ethyl adjacent to an activating group) is 2. The minimum absolute atomic E-state index is 0.00246. The minimum Gasteiger partial charge on any atom is -0.489 e. The monoisotopic (exact) mass is 1060 g/mol. The summed E-state index contributed by atoms with van der Waals surface area (Å²) in [4.78, 5) is 74.3. The number of nitriles is 1. The van der Waals surface area contributed by atoms with Gasteiger partial charge >= 0.3 is 6.18 Å². The van der Waals surface area contributed by atoms with E-state index in [-0.39, 0.29) is 60.4 Å². The van der Waals surface area contributed by atoms with Crippen LogP contribution < -0.4 is 9.64 Å². The number of amides is 4. The number of ether oxygens (including phenoxy) is 3. The van der Waals surface area contributed by atoms with Crippen molar-refractivity contribution in [1.29, 1.82) is 5.26 Å². The first-order chi connectivity index (χ1) is 35.1. The van der Waals surface area contributed by atoms with Crippen LogP contribution in [0.25, 0.3) is 10.4 Å². The van der Waals surface area contributed by atoms with Gasteiger partial charge in [0.2, 0.25) is 17.7 Å². The van der Waals surface area contributed by atoms with Crippen molar-refractivity contribution in [2.45, 2.75) is 124 Å². The van der Waals surface area contributed by atoms with Gasteiger partial charge in [0, 0.05) is 84.8 Å². The predicted octanol–water partition coefficient (Wildman–Crippen LogP) is 9.13. The van der Waals surface area contributed by atoms with Gasteiger partial charge in [-0.05, 0) is 73.1 Å². The van der Waals surface area contributed by atoms with E-state index in [0.717, 1.165) is 52.4 Å². The third kappa shape index (κ3) is 12.9. The van der Waals surface area contributed by atoms with Crippen LogP contribution >= 0.6 is 11.3 Å². The number of methoxy groups -OCH3 is 1. The second-order valence-corrected chi connectivity index (χ2v) is 23.1. The quantitative estimate of drug-likeness (QED) is 0.0777. The smallest absolute Gasteiger partial charge is 0.417 e. The highest BCUT2D eigenvalue weighted by atomic mass is 32.1. The summed E-state index contributed by atoms with van der Waals surface area (Å²) in [6.45, 7) is 16.8. The summed E-state index contributed by atoms with van der Waals surface area (Å²) >= 11 is 1.58. The number of nitrogens with zero attached hydrogens (tertiary/aromatic N) is 8. The molecule has 1 saturated carbocycles. The van der Waals surface area contributed by atoms with E-state index in [1.54, 1.807) is 72.6 Å². The van der Waals surface area contributed by atoms with E-state index in [0.29, 0.717) is 32.5 Å². The number of carbonyl (C=O) groups is 4. The van der Waals surface area contributed by atoms with Gasteiger partial charge in [-0.3, -0.25) is 19.2 Å². The molecule has 2 fully saturated rings. The zero-order chi connectivity index (χ0) is 55.4. The molecule has 2 aromatic carbocycles. The number of unbranched alkanes of at least 4 members (excludes halogenated alkanes) is 2. The Morgan fingerprint density at radius 3 is 2.19 bits per heavy atom. The van der Waals surface area contributed by atoms with Gasteiger partial charge in [0.25, 0.3) is 5.91 Å². The van der Waals surface area contributed by atoms with Gasteiger partial charge in [0.05, 0.1) is 51.3 Å². The minimum atomic E-state index is -4.72. The van der Waals surface area contributed by atoms with Crippen molar-refractivity contribution in [2.75, 3.05) is 66.5 Å². The van der Waals surface area contributed by atoms with Crippen LogP contribution in [0.1, 0.15) is 107 Å². The molecule has 4 aromatic rings. The Kier molecular flexibility index (Phi) is 18.2. The molecule has 406 valence electrons. The highest BCUT2D eigenvalue weighted by Crippen LogP contribution is 2.58. The number of benzene rings is 2. The molecule has 0 bridgehead atoms. The summed E-state index contributed by atoms with van der Waals surface area (Å²) in [6.07, 6.45) is -1.27. The molecule has 6 rings (SSSR count). The maximum Gasteiger partial charge on any atom is 0.417 e. The molecule has 0 radical (unpaired) electrons. The second-order valence-electron chi connectivity index (χ2n) is 22.2. The maximum absolute atomic E-state index is 14.5. The summed E-state index contributed by atoms with van der Waals surface area (Å²) in [7, 11) is 8.56. The normalized spacial score (nSPS) is 19.4. The van der Waals surface area contributed by atoms with Crippen LogP contribution in [-0.4, -0.2) is 145 Å². The van der Waals surface area contributed by atoms with Gasteiger partial charge in [-0.25, -0.2) is 9.97 Å². The highest BCUT2D eigenvalue weighted by molar-refractivity contribution is 7.13. The Hall–Kier alpha value is -6.10. The second kappa shape index (κ2) is 23.4. The number of carbonyl (C=O) groups excluding carboxylic acids is 4. The summed E-state index contributed by atoms with van der Waals surface area (Å²) in [5, 5.41) is 9.21. The lowest BCUT2D eigenvalue weighted by Gasteiger charge is -2.65. The molecule has 1 aliphatic carbocycles. The van der Waals surface area contributed by atoms with Crippen molar-refractivity contribution in [3.63, 3.8) is 0 Å². The highest BCUT2D eigenvalue weighted by Gasteiger charge is 2.66. The van der Waals surface area contributed by atoms with E-state index in [1.807, 2.05) is 103 Å². The molecular formula is C56H73F3N8O7S. The Bertz CT molecular complexity index is 2680. The summed E-state index contributed by atoms with van der Waals surface area (Å²) < 4.78 is 58.8. The molecule has 0 spiro atoms. The lowest BCUT2D eigenvalue weighted by atomic mass is 9.49. The Balaban J connectivity index is 0.946. The SMILES string of the molecule is CO[C@@H]1CC(C(=O)N(C)Cc2ccc(-c3scnc3C)cc2)N(C(=O)[C@@H](N(C)C(=O)COCCCCCN(C)c2ccc(C(=O)N(C)C3C(C)(C)C(Oc4ccc(C#N)c(C(F)(F)F)c4)C3(C)C)nc2)C(C)(C)C)C1. The molecule has 1 saturated heterocycles. The van der Waals surface area contributed by atoms with Crippen molar-refractivity contribution in [3.05, 3.63) is 94.4 Å². The van der Waals surface area contributed by atoms with Crippen molar-refractivity contribution < 1.29 is 46.6 Å². The number of pyridine rings is 1. The molecule has 1 unspecified atom stereocenters. The lowest BCUT2D eigenvalue weighted by molar-refractivity contribution is -0.195. The van der Waals surface area contributed by atoms with Crippen molar-refractivity contribution in [2.24, 2.45) is 16.2 Å². The molecule has 2 aliphatic rings. The number of halogens is 3. The van der Waals surface area contributed by atoms with E-state index in [4.69, 9.17) is 14.2 Å². The first-order valence-electron chi connectivity index (χ1n) is 25.3. The molecule has 3 atom stereocenters. The number of thiazole rings is 1. The zero-order valence-corrected chi connectivity index (χ0v) is 46.4. The number of aromatic nitrogens is 2. The van der Waals surface area contributed by atoms with Crippen LogP contribution in [0.3, 0.4) is 0 Å². The molecule has 0 N–H and O–H groups in total. The summed E-state index contributed by atoms with van der Waals surface area (Å²) in [5.41, 5.74) is 2.36. The van der Waals surface area contributed by atoms with Crippen molar-refractivity contribution in [1.82, 2.24) is 29.6 Å². The number of aryl methyl sites for hydroxylation is 1. The Labute approximate surface area is 443 Å². The molecule has 75 heavy (non-hydrogen) atoms. The first kappa shape index (κ1) is 58.2. The summed E-state index contributed by atoms with van der Waals surface area (Å²) in [5.74, 6) is -1.16. The largest absolute Gasteiger partial charge is 0.489 e.